The molecule has 0 saturated carbocycles. The summed E-state index contributed by atoms with van der Waals surface area (Å²) in [6, 6.07) is 1.84. The van der Waals surface area contributed by atoms with Crippen LogP contribution in [0.2, 0.25) is 0 Å². The zero-order chi connectivity index (χ0) is 7.56. The molecule has 0 aliphatic heterocycles. The summed E-state index contributed by atoms with van der Waals surface area (Å²) in [5.74, 6) is 0.745. The monoisotopic (exact) mass is 265 g/mol. The molecule has 0 aromatic carbocycles. The van der Waals surface area contributed by atoms with Gasteiger partial charge in [-0.25, -0.2) is 4.98 Å². The predicted molar refractivity (Wildman–Crippen MR) is 46.2 cm³/mol. The Morgan fingerprint density at radius 2 is 2.20 bits per heavy atom. The van der Waals surface area contributed by atoms with E-state index in [0.29, 0.717) is 0 Å². The van der Waals surface area contributed by atoms with E-state index in [1.807, 2.05) is 6.07 Å². The lowest BCUT2D eigenvalue weighted by Crippen LogP contribution is -1.84. The summed E-state index contributed by atoms with van der Waals surface area (Å²) in [6.45, 7) is 0. The molecule has 0 amide bonds. The van der Waals surface area contributed by atoms with Gasteiger partial charge in [-0.3, -0.25) is 0 Å². The molecule has 0 bridgehead atoms. The van der Waals surface area contributed by atoms with Gasteiger partial charge in [0.1, 0.15) is 10.4 Å². The summed E-state index contributed by atoms with van der Waals surface area (Å²) < 4.78 is 6.62. The van der Waals surface area contributed by atoms with Crippen molar-refractivity contribution < 1.29 is 4.74 Å². The molecule has 0 spiro atoms. The molecule has 0 unspecified atom stereocenters. The average molecular weight is 267 g/mol. The van der Waals surface area contributed by atoms with Crippen molar-refractivity contribution in [1.29, 1.82) is 0 Å². The van der Waals surface area contributed by atoms with Crippen LogP contribution in [0.15, 0.2) is 21.3 Å². The topological polar surface area (TPSA) is 22.1 Å². The third-order valence-corrected chi connectivity index (χ3v) is 2.78. The van der Waals surface area contributed by atoms with Crippen molar-refractivity contribution >= 4 is 31.9 Å². The molecule has 54 valence electrons. The van der Waals surface area contributed by atoms with Crippen LogP contribution in [0.5, 0.6) is 5.75 Å². The van der Waals surface area contributed by atoms with Crippen LogP contribution >= 0.6 is 31.9 Å². The molecular weight excluding hydrogens is 262 g/mol. The Hall–Kier alpha value is -0.0900. The summed E-state index contributed by atoms with van der Waals surface area (Å²) in [4.78, 5) is 3.99. The van der Waals surface area contributed by atoms with E-state index >= 15 is 0 Å². The molecule has 0 fully saturated rings. The Bertz CT molecular complexity index is 239. The zero-order valence-corrected chi connectivity index (χ0v) is 8.44. The van der Waals surface area contributed by atoms with E-state index in [1.54, 1.807) is 13.3 Å². The van der Waals surface area contributed by atoms with Crippen molar-refractivity contribution in [3.8, 4) is 5.75 Å². The Kier molecular flexibility index (Phi) is 2.68. The number of rotatable bonds is 1. The van der Waals surface area contributed by atoms with Gasteiger partial charge in [0, 0.05) is 0 Å². The van der Waals surface area contributed by atoms with E-state index in [4.69, 9.17) is 4.74 Å². The maximum absolute atomic E-state index is 4.94. The fourth-order valence-corrected chi connectivity index (χ4v) is 1.06. The van der Waals surface area contributed by atoms with Crippen LogP contribution < -0.4 is 4.74 Å². The van der Waals surface area contributed by atoms with Crippen molar-refractivity contribution in [3.63, 3.8) is 0 Å². The number of nitrogens with zero attached hydrogens (tertiary/aromatic N) is 1. The highest BCUT2D eigenvalue weighted by molar-refractivity contribution is 9.13. The molecule has 1 rings (SSSR count). The van der Waals surface area contributed by atoms with E-state index in [2.05, 4.69) is 36.8 Å². The summed E-state index contributed by atoms with van der Waals surface area (Å²) in [5.41, 5.74) is 0. The summed E-state index contributed by atoms with van der Waals surface area (Å²) in [7, 11) is 1.61. The summed E-state index contributed by atoms with van der Waals surface area (Å²) >= 11 is 6.54. The van der Waals surface area contributed by atoms with Gasteiger partial charge < -0.3 is 4.74 Å². The second-order valence-corrected chi connectivity index (χ2v) is 3.25. The second kappa shape index (κ2) is 3.34. The number of hydrogen-bond acceptors (Lipinski definition) is 2. The number of halogens is 2. The van der Waals surface area contributed by atoms with Crippen molar-refractivity contribution in [1.82, 2.24) is 4.98 Å². The molecule has 0 saturated heterocycles. The highest BCUT2D eigenvalue weighted by Crippen LogP contribution is 2.23. The fourth-order valence-electron chi connectivity index (χ4n) is 0.515. The second-order valence-electron chi connectivity index (χ2n) is 1.65. The molecular formula is C6H5Br2NO. The van der Waals surface area contributed by atoms with E-state index < -0.39 is 0 Å². The van der Waals surface area contributed by atoms with Gasteiger partial charge in [-0.1, -0.05) is 0 Å². The summed E-state index contributed by atoms with van der Waals surface area (Å²) in [5, 5.41) is 0. The van der Waals surface area contributed by atoms with Gasteiger partial charge in [0.05, 0.1) is 17.8 Å². The third-order valence-electron chi connectivity index (χ3n) is 1.01. The quantitative estimate of drug-likeness (QED) is 0.729. The van der Waals surface area contributed by atoms with Crippen LogP contribution in [0, 0.1) is 0 Å². The van der Waals surface area contributed by atoms with E-state index in [1.165, 1.54) is 0 Å². The van der Waals surface area contributed by atoms with Crippen LogP contribution in [-0.4, -0.2) is 12.1 Å². The molecule has 10 heavy (non-hydrogen) atoms. The lowest BCUT2D eigenvalue weighted by Gasteiger charge is -1.99. The lowest BCUT2D eigenvalue weighted by atomic mass is 10.5. The smallest absolute Gasteiger partial charge is 0.138 e. The van der Waals surface area contributed by atoms with Crippen molar-refractivity contribution in [2.75, 3.05) is 7.11 Å². The molecule has 0 aliphatic rings. The normalized spacial score (nSPS) is 9.50. The van der Waals surface area contributed by atoms with Crippen LogP contribution in [0.1, 0.15) is 0 Å². The van der Waals surface area contributed by atoms with Crippen LogP contribution in [0.4, 0.5) is 0 Å². The predicted octanol–water partition coefficient (Wildman–Crippen LogP) is 2.62. The number of hydrogen-bond donors (Lipinski definition) is 0. The largest absolute Gasteiger partial charge is 0.495 e. The average Bonchev–Trinajstić information content (AvgIpc) is 1.95. The first kappa shape index (κ1) is 8.01. The molecule has 0 radical (unpaired) electrons. The SMILES string of the molecule is COc1cnc(Br)c(Br)c1. The van der Waals surface area contributed by atoms with Crippen LogP contribution in [0.25, 0.3) is 0 Å². The number of pyridine rings is 1. The van der Waals surface area contributed by atoms with Gasteiger partial charge in [0.15, 0.2) is 0 Å². The minimum Gasteiger partial charge on any atom is -0.495 e. The lowest BCUT2D eigenvalue weighted by molar-refractivity contribution is 0.412. The molecule has 0 N–H and O–H groups in total. The number of ether oxygens (including phenoxy) is 1. The van der Waals surface area contributed by atoms with Gasteiger partial charge in [-0.15, -0.1) is 0 Å². The Morgan fingerprint density at radius 3 is 2.70 bits per heavy atom. The first-order valence-corrected chi connectivity index (χ1v) is 4.17. The highest BCUT2D eigenvalue weighted by atomic mass is 79.9. The van der Waals surface area contributed by atoms with Gasteiger partial charge >= 0.3 is 0 Å². The van der Waals surface area contributed by atoms with E-state index in [-0.39, 0.29) is 0 Å². The van der Waals surface area contributed by atoms with Crippen molar-refractivity contribution in [2.45, 2.75) is 0 Å². The van der Waals surface area contributed by atoms with Crippen molar-refractivity contribution in [2.24, 2.45) is 0 Å². The fraction of sp³-hybridized carbons (Fsp3) is 0.167. The maximum atomic E-state index is 4.94. The number of aromatic nitrogens is 1. The van der Waals surface area contributed by atoms with Gasteiger partial charge in [0.2, 0.25) is 0 Å². The Morgan fingerprint density at radius 1 is 1.50 bits per heavy atom. The third kappa shape index (κ3) is 1.70. The van der Waals surface area contributed by atoms with Gasteiger partial charge in [-0.05, 0) is 37.9 Å². The van der Waals surface area contributed by atoms with E-state index in [0.717, 1.165) is 14.8 Å². The molecule has 1 aromatic heterocycles. The molecule has 1 heterocycles. The van der Waals surface area contributed by atoms with Gasteiger partial charge in [-0.2, -0.15) is 0 Å². The van der Waals surface area contributed by atoms with Gasteiger partial charge in [0.25, 0.3) is 0 Å². The van der Waals surface area contributed by atoms with E-state index in [9.17, 15) is 0 Å². The van der Waals surface area contributed by atoms with Crippen molar-refractivity contribution in [3.05, 3.63) is 21.3 Å². The van der Waals surface area contributed by atoms with Crippen LogP contribution in [-0.2, 0) is 0 Å². The minimum atomic E-state index is 0.745. The Balaban J connectivity index is 3.04. The highest BCUT2D eigenvalue weighted by Gasteiger charge is 1.97. The molecule has 1 aromatic rings. The standard InChI is InChI=1S/C6H5Br2NO/c1-10-4-2-5(7)6(8)9-3-4/h2-3H,1H3. The first-order chi connectivity index (χ1) is 4.74. The molecule has 4 heteroatoms. The minimum absolute atomic E-state index is 0.745. The Labute approximate surface area is 75.9 Å². The maximum Gasteiger partial charge on any atom is 0.138 e. The molecule has 0 aliphatic carbocycles. The molecule has 2 nitrogen and oxygen atoms in total. The number of methoxy groups -OCH3 is 1. The molecule has 0 atom stereocenters. The summed E-state index contributed by atoms with van der Waals surface area (Å²) in [6.07, 6.45) is 1.65. The zero-order valence-electron chi connectivity index (χ0n) is 5.27. The van der Waals surface area contributed by atoms with Crippen LogP contribution in [0.3, 0.4) is 0 Å². The first-order valence-electron chi connectivity index (χ1n) is 2.59.